The number of carbonyl (C=O) groups excluding carboxylic acids is 3. The van der Waals surface area contributed by atoms with Crippen LogP contribution in [0, 0.1) is 17.6 Å². The number of amides is 2. The Morgan fingerprint density at radius 1 is 1.00 bits per heavy atom. The molecule has 0 aromatic heterocycles. The highest BCUT2D eigenvalue weighted by Crippen LogP contribution is 2.12. The average Bonchev–Trinajstić information content (AvgIpc) is 2.66. The summed E-state index contributed by atoms with van der Waals surface area (Å²) in [6.45, 7) is 2.75. The zero-order valence-electron chi connectivity index (χ0n) is 15.4. The van der Waals surface area contributed by atoms with Crippen molar-refractivity contribution in [1.82, 2.24) is 5.32 Å². The van der Waals surface area contributed by atoms with Gasteiger partial charge in [0.25, 0.3) is 11.8 Å². The summed E-state index contributed by atoms with van der Waals surface area (Å²) in [5.74, 6) is -3.54. The Morgan fingerprint density at radius 2 is 1.64 bits per heavy atom. The van der Waals surface area contributed by atoms with Gasteiger partial charge in [-0.1, -0.05) is 26.0 Å². The molecule has 0 fully saturated rings. The van der Waals surface area contributed by atoms with Crippen LogP contribution in [0.5, 0.6) is 0 Å². The van der Waals surface area contributed by atoms with Crippen molar-refractivity contribution >= 4 is 23.5 Å². The van der Waals surface area contributed by atoms with Crippen LogP contribution >= 0.6 is 0 Å². The molecule has 2 rings (SSSR count). The fourth-order valence-electron chi connectivity index (χ4n) is 2.30. The summed E-state index contributed by atoms with van der Waals surface area (Å²) in [7, 11) is 0. The number of carbonyl (C=O) groups is 3. The normalized spacial score (nSPS) is 11.6. The van der Waals surface area contributed by atoms with Gasteiger partial charge in [0.1, 0.15) is 17.7 Å². The minimum absolute atomic E-state index is 0.0337. The smallest absolute Gasteiger partial charge is 0.329 e. The van der Waals surface area contributed by atoms with Crippen molar-refractivity contribution in [1.29, 1.82) is 0 Å². The molecule has 2 aromatic carbocycles. The monoisotopic (exact) mass is 390 g/mol. The van der Waals surface area contributed by atoms with Gasteiger partial charge < -0.3 is 15.4 Å². The van der Waals surface area contributed by atoms with Crippen LogP contribution in [0.1, 0.15) is 24.2 Å². The number of benzene rings is 2. The van der Waals surface area contributed by atoms with Gasteiger partial charge in [0, 0.05) is 5.56 Å². The van der Waals surface area contributed by atoms with Crippen LogP contribution in [-0.2, 0) is 14.3 Å². The van der Waals surface area contributed by atoms with Gasteiger partial charge >= 0.3 is 5.97 Å². The van der Waals surface area contributed by atoms with E-state index in [1.165, 1.54) is 30.3 Å². The number of rotatable bonds is 7. The van der Waals surface area contributed by atoms with E-state index in [0.717, 1.165) is 12.1 Å². The SMILES string of the molecule is CC(C)[C@H](NC(=O)c1ccc(F)cc1)C(=O)OCC(=O)Nc1ccccc1F. The van der Waals surface area contributed by atoms with E-state index < -0.39 is 42.1 Å². The number of anilines is 1. The molecule has 0 radical (unpaired) electrons. The molecule has 148 valence electrons. The lowest BCUT2D eigenvalue weighted by Gasteiger charge is -2.20. The number of para-hydroxylation sites is 1. The molecule has 0 saturated heterocycles. The van der Waals surface area contributed by atoms with Crippen LogP contribution in [0.25, 0.3) is 0 Å². The van der Waals surface area contributed by atoms with Gasteiger partial charge in [-0.3, -0.25) is 9.59 Å². The fourth-order valence-corrected chi connectivity index (χ4v) is 2.30. The third kappa shape index (κ3) is 5.87. The molecule has 0 spiro atoms. The molecule has 2 amide bonds. The Hall–Kier alpha value is -3.29. The molecule has 0 aliphatic rings. The summed E-state index contributed by atoms with van der Waals surface area (Å²) in [6, 6.07) is 9.39. The van der Waals surface area contributed by atoms with E-state index >= 15 is 0 Å². The lowest BCUT2D eigenvalue weighted by atomic mass is 10.0. The summed E-state index contributed by atoms with van der Waals surface area (Å²) in [4.78, 5) is 36.4. The zero-order chi connectivity index (χ0) is 20.7. The van der Waals surface area contributed by atoms with Crippen LogP contribution in [0.3, 0.4) is 0 Å². The second kappa shape index (κ2) is 9.59. The first kappa shape index (κ1) is 21.0. The van der Waals surface area contributed by atoms with Crippen LogP contribution in [0.2, 0.25) is 0 Å². The molecular weight excluding hydrogens is 370 g/mol. The van der Waals surface area contributed by atoms with Crippen molar-refractivity contribution in [2.75, 3.05) is 11.9 Å². The highest BCUT2D eigenvalue weighted by atomic mass is 19.1. The molecule has 8 heteroatoms. The molecule has 0 unspecified atom stereocenters. The van der Waals surface area contributed by atoms with Gasteiger partial charge in [0.15, 0.2) is 6.61 Å². The lowest BCUT2D eigenvalue weighted by molar-refractivity contribution is -0.150. The predicted octanol–water partition coefficient (Wildman–Crippen LogP) is 2.90. The van der Waals surface area contributed by atoms with Gasteiger partial charge in [-0.25, -0.2) is 13.6 Å². The number of ether oxygens (including phenoxy) is 1. The van der Waals surface area contributed by atoms with E-state index in [0.29, 0.717) is 0 Å². The number of esters is 1. The highest BCUT2D eigenvalue weighted by Gasteiger charge is 2.27. The average molecular weight is 390 g/mol. The first-order valence-corrected chi connectivity index (χ1v) is 8.55. The second-order valence-electron chi connectivity index (χ2n) is 6.34. The first-order chi connectivity index (χ1) is 13.3. The van der Waals surface area contributed by atoms with Crippen molar-refractivity contribution in [3.63, 3.8) is 0 Å². The minimum Gasteiger partial charge on any atom is -0.454 e. The molecule has 6 nitrogen and oxygen atoms in total. The molecule has 28 heavy (non-hydrogen) atoms. The van der Waals surface area contributed by atoms with E-state index in [-0.39, 0.29) is 17.2 Å². The predicted molar refractivity (Wildman–Crippen MR) is 98.5 cm³/mol. The van der Waals surface area contributed by atoms with E-state index in [2.05, 4.69) is 10.6 Å². The minimum atomic E-state index is -1.01. The maximum absolute atomic E-state index is 13.5. The fraction of sp³-hybridized carbons (Fsp3) is 0.250. The molecule has 0 aliphatic heterocycles. The summed E-state index contributed by atoms with van der Waals surface area (Å²) in [5, 5.41) is 4.80. The van der Waals surface area contributed by atoms with Crippen molar-refractivity contribution in [2.45, 2.75) is 19.9 Å². The Morgan fingerprint density at radius 3 is 2.25 bits per heavy atom. The van der Waals surface area contributed by atoms with Crippen LogP contribution in [0.15, 0.2) is 48.5 Å². The standard InChI is InChI=1S/C20H20F2N2O4/c1-12(2)18(24-19(26)13-7-9-14(21)10-8-13)20(27)28-11-17(25)23-16-6-4-3-5-15(16)22/h3-10,12,18H,11H2,1-2H3,(H,23,25)(H,24,26)/t18-/m0/s1. The van der Waals surface area contributed by atoms with Crippen LogP contribution in [-0.4, -0.2) is 30.4 Å². The molecule has 0 aliphatic carbocycles. The topological polar surface area (TPSA) is 84.5 Å². The van der Waals surface area contributed by atoms with Gasteiger partial charge in [0.05, 0.1) is 5.69 Å². The van der Waals surface area contributed by atoms with Crippen molar-refractivity contribution in [3.05, 3.63) is 65.7 Å². The highest BCUT2D eigenvalue weighted by molar-refractivity contribution is 5.97. The molecule has 0 bridgehead atoms. The number of hydrogen-bond acceptors (Lipinski definition) is 4. The van der Waals surface area contributed by atoms with Gasteiger partial charge in [0.2, 0.25) is 0 Å². The van der Waals surface area contributed by atoms with E-state index in [1.54, 1.807) is 19.9 Å². The second-order valence-corrected chi connectivity index (χ2v) is 6.34. The summed E-state index contributed by atoms with van der Waals surface area (Å²) in [5.41, 5.74) is 0.144. The lowest BCUT2D eigenvalue weighted by Crippen LogP contribution is -2.45. The van der Waals surface area contributed by atoms with Gasteiger partial charge in [-0.05, 0) is 42.3 Å². The van der Waals surface area contributed by atoms with E-state index in [1.807, 2.05) is 0 Å². The van der Waals surface area contributed by atoms with Crippen LogP contribution < -0.4 is 10.6 Å². The molecule has 1 atom stereocenters. The maximum Gasteiger partial charge on any atom is 0.329 e. The molecule has 0 saturated carbocycles. The Bertz CT molecular complexity index is 854. The first-order valence-electron chi connectivity index (χ1n) is 8.55. The molecule has 0 heterocycles. The third-order valence-corrected chi connectivity index (χ3v) is 3.81. The third-order valence-electron chi connectivity index (χ3n) is 3.81. The summed E-state index contributed by atoms with van der Waals surface area (Å²) < 4.78 is 31.4. The maximum atomic E-state index is 13.5. The Kier molecular flexibility index (Phi) is 7.20. The van der Waals surface area contributed by atoms with E-state index in [9.17, 15) is 23.2 Å². The van der Waals surface area contributed by atoms with Crippen molar-refractivity contribution in [3.8, 4) is 0 Å². The Labute approximate surface area is 160 Å². The van der Waals surface area contributed by atoms with E-state index in [4.69, 9.17) is 4.74 Å². The van der Waals surface area contributed by atoms with Crippen molar-refractivity contribution < 1.29 is 27.9 Å². The zero-order valence-corrected chi connectivity index (χ0v) is 15.4. The van der Waals surface area contributed by atoms with Crippen LogP contribution in [0.4, 0.5) is 14.5 Å². The quantitative estimate of drug-likeness (QED) is 0.712. The number of nitrogens with one attached hydrogen (secondary N) is 2. The molecular formula is C20H20F2N2O4. The summed E-state index contributed by atoms with van der Waals surface area (Å²) in [6.07, 6.45) is 0. The largest absolute Gasteiger partial charge is 0.454 e. The summed E-state index contributed by atoms with van der Waals surface area (Å²) >= 11 is 0. The Balaban J connectivity index is 1.93. The molecule has 2 N–H and O–H groups in total. The number of halogens is 2. The van der Waals surface area contributed by atoms with Gasteiger partial charge in [-0.15, -0.1) is 0 Å². The van der Waals surface area contributed by atoms with Crippen molar-refractivity contribution in [2.24, 2.45) is 5.92 Å². The molecule has 2 aromatic rings. The van der Waals surface area contributed by atoms with Gasteiger partial charge in [-0.2, -0.15) is 0 Å². The number of hydrogen-bond donors (Lipinski definition) is 2.